The monoisotopic (exact) mass is 243 g/mol. The van der Waals surface area contributed by atoms with Crippen LogP contribution in [0.15, 0.2) is 11.6 Å². The Labute approximate surface area is 106 Å². The van der Waals surface area contributed by atoms with Gasteiger partial charge in [0.05, 0.1) is 0 Å². The minimum atomic E-state index is 0.669. The molecule has 0 N–H and O–H groups in total. The van der Waals surface area contributed by atoms with Gasteiger partial charge in [-0.25, -0.2) is 0 Å². The molecule has 2 heteroatoms. The molecule has 0 aromatic rings. The molecule has 16 heavy (non-hydrogen) atoms. The van der Waals surface area contributed by atoms with Crippen LogP contribution in [0.5, 0.6) is 0 Å². The van der Waals surface area contributed by atoms with Crippen molar-refractivity contribution in [1.29, 1.82) is 0 Å². The fraction of sp³-hybridized carbons (Fsp3) is 0.857. The van der Waals surface area contributed by atoms with Crippen molar-refractivity contribution in [2.24, 2.45) is 0 Å². The molecule has 0 aromatic heterocycles. The van der Waals surface area contributed by atoms with Crippen molar-refractivity contribution in [3.05, 3.63) is 11.6 Å². The van der Waals surface area contributed by atoms with E-state index in [9.17, 15) is 0 Å². The first-order valence-corrected chi connectivity index (χ1v) is 7.29. The Morgan fingerprint density at radius 1 is 1.31 bits per heavy atom. The highest BCUT2D eigenvalue weighted by Gasteiger charge is 2.17. The van der Waals surface area contributed by atoms with Crippen molar-refractivity contribution in [1.82, 2.24) is 4.90 Å². The van der Waals surface area contributed by atoms with Gasteiger partial charge in [0.2, 0.25) is 0 Å². The number of nitrogens with zero attached hydrogens (tertiary/aromatic N) is 1. The Hall–Kier alpha value is -0.0100. The highest BCUT2D eigenvalue weighted by Crippen LogP contribution is 2.18. The molecule has 0 bridgehead atoms. The Bertz CT molecular complexity index is 207. The molecule has 0 radical (unpaired) electrons. The molecular formula is C14H26ClN. The third kappa shape index (κ3) is 4.88. The van der Waals surface area contributed by atoms with Crippen LogP contribution in [0.2, 0.25) is 0 Å². The molecule has 1 unspecified atom stereocenters. The summed E-state index contributed by atoms with van der Waals surface area (Å²) in [6, 6.07) is 0.669. The normalized spacial score (nSPS) is 21.1. The van der Waals surface area contributed by atoms with Gasteiger partial charge in [0.15, 0.2) is 0 Å². The van der Waals surface area contributed by atoms with Crippen LogP contribution in [0, 0.1) is 0 Å². The first kappa shape index (κ1) is 14.1. The van der Waals surface area contributed by atoms with Gasteiger partial charge < -0.3 is 4.90 Å². The van der Waals surface area contributed by atoms with E-state index in [0.29, 0.717) is 11.9 Å². The van der Waals surface area contributed by atoms with Gasteiger partial charge in [-0.05, 0) is 45.7 Å². The maximum atomic E-state index is 6.00. The van der Waals surface area contributed by atoms with Crippen LogP contribution < -0.4 is 0 Å². The summed E-state index contributed by atoms with van der Waals surface area (Å²) in [6.45, 7) is 7.13. The van der Waals surface area contributed by atoms with Gasteiger partial charge in [-0.3, -0.25) is 0 Å². The quantitative estimate of drug-likeness (QED) is 0.499. The number of alkyl halides is 1. The zero-order chi connectivity index (χ0) is 11.8. The third-order valence-electron chi connectivity index (χ3n) is 3.46. The fourth-order valence-corrected chi connectivity index (χ4v) is 2.63. The van der Waals surface area contributed by atoms with E-state index in [1.165, 1.54) is 50.8 Å². The summed E-state index contributed by atoms with van der Waals surface area (Å²) in [7, 11) is 0. The number of allylic oxidation sites excluding steroid dienone is 1. The van der Waals surface area contributed by atoms with Crippen molar-refractivity contribution in [3.8, 4) is 0 Å². The maximum absolute atomic E-state index is 6.00. The predicted octanol–water partition coefficient (Wildman–Crippen LogP) is 4.22. The molecule has 1 fully saturated rings. The Morgan fingerprint density at radius 3 is 2.56 bits per heavy atom. The zero-order valence-corrected chi connectivity index (χ0v) is 11.6. The summed E-state index contributed by atoms with van der Waals surface area (Å²) in [5, 5.41) is 0. The third-order valence-corrected chi connectivity index (χ3v) is 3.81. The van der Waals surface area contributed by atoms with Crippen molar-refractivity contribution < 1.29 is 0 Å². The minimum absolute atomic E-state index is 0.669. The lowest BCUT2D eigenvalue weighted by Gasteiger charge is -2.32. The molecule has 94 valence electrons. The van der Waals surface area contributed by atoms with Gasteiger partial charge in [-0.2, -0.15) is 0 Å². The van der Waals surface area contributed by atoms with E-state index >= 15 is 0 Å². The van der Waals surface area contributed by atoms with Crippen LogP contribution in [0.3, 0.4) is 0 Å². The number of likely N-dealkylation sites (tertiary alicyclic amines) is 1. The molecule has 1 heterocycles. The summed E-state index contributed by atoms with van der Waals surface area (Å²) in [5.41, 5.74) is 1.43. The smallest absolute Gasteiger partial charge is 0.0434 e. The standard InChI is InChI=1S/C14H26ClN/c1-3-4-8-14(12-15)11-13(2)16-9-6-5-7-10-16/h8,13H,3-7,9-12H2,1-2H3. The number of unbranched alkanes of at least 4 members (excludes halogenated alkanes) is 1. The van der Waals surface area contributed by atoms with E-state index in [1.54, 1.807) is 0 Å². The predicted molar refractivity (Wildman–Crippen MR) is 73.2 cm³/mol. The lowest BCUT2D eigenvalue weighted by atomic mass is 10.0. The van der Waals surface area contributed by atoms with Gasteiger partial charge in [-0.1, -0.05) is 31.4 Å². The van der Waals surface area contributed by atoms with Crippen molar-refractivity contribution in [2.75, 3.05) is 19.0 Å². The first-order chi connectivity index (χ1) is 7.77. The van der Waals surface area contributed by atoms with Gasteiger partial charge in [0, 0.05) is 11.9 Å². The lowest BCUT2D eigenvalue weighted by Crippen LogP contribution is -2.37. The van der Waals surface area contributed by atoms with E-state index in [1.807, 2.05) is 0 Å². The number of halogens is 1. The van der Waals surface area contributed by atoms with Crippen LogP contribution in [0.1, 0.15) is 52.4 Å². The first-order valence-electron chi connectivity index (χ1n) is 6.75. The molecule has 1 nitrogen and oxygen atoms in total. The van der Waals surface area contributed by atoms with E-state index in [-0.39, 0.29) is 0 Å². The van der Waals surface area contributed by atoms with Gasteiger partial charge in [0.25, 0.3) is 0 Å². The van der Waals surface area contributed by atoms with Gasteiger partial charge in [-0.15, -0.1) is 11.6 Å². The van der Waals surface area contributed by atoms with E-state index in [2.05, 4.69) is 24.8 Å². The highest BCUT2D eigenvalue weighted by atomic mass is 35.5. The molecule has 1 aliphatic rings. The average molecular weight is 244 g/mol. The number of rotatable bonds is 6. The van der Waals surface area contributed by atoms with Gasteiger partial charge in [0.1, 0.15) is 0 Å². The molecule has 0 aliphatic carbocycles. The summed E-state index contributed by atoms with van der Waals surface area (Å²) < 4.78 is 0. The molecule has 0 spiro atoms. The fourth-order valence-electron chi connectivity index (χ4n) is 2.41. The number of piperidine rings is 1. The minimum Gasteiger partial charge on any atom is -0.300 e. The second-order valence-corrected chi connectivity index (χ2v) is 5.20. The van der Waals surface area contributed by atoms with Crippen LogP contribution >= 0.6 is 11.6 Å². The van der Waals surface area contributed by atoms with E-state index < -0.39 is 0 Å². The molecule has 0 saturated carbocycles. The molecule has 1 atom stereocenters. The van der Waals surface area contributed by atoms with Crippen LogP contribution in [-0.2, 0) is 0 Å². The number of hydrogen-bond donors (Lipinski definition) is 0. The molecule has 1 rings (SSSR count). The Balaban J connectivity index is 2.37. The molecule has 1 aliphatic heterocycles. The van der Waals surface area contributed by atoms with Crippen molar-refractivity contribution in [2.45, 2.75) is 58.4 Å². The summed E-state index contributed by atoms with van der Waals surface area (Å²) >= 11 is 6.00. The largest absolute Gasteiger partial charge is 0.300 e. The zero-order valence-electron chi connectivity index (χ0n) is 10.8. The van der Waals surface area contributed by atoms with E-state index in [4.69, 9.17) is 11.6 Å². The molecule has 0 aromatic carbocycles. The molecular weight excluding hydrogens is 218 g/mol. The van der Waals surface area contributed by atoms with Gasteiger partial charge >= 0.3 is 0 Å². The molecule has 1 saturated heterocycles. The second kappa shape index (κ2) is 8.14. The molecule has 0 amide bonds. The summed E-state index contributed by atoms with van der Waals surface area (Å²) in [6.07, 6.45) is 10.1. The average Bonchev–Trinajstić information content (AvgIpc) is 2.35. The Kier molecular flexibility index (Phi) is 7.15. The Morgan fingerprint density at radius 2 is 2.00 bits per heavy atom. The summed E-state index contributed by atoms with van der Waals surface area (Å²) in [5.74, 6) is 0.707. The van der Waals surface area contributed by atoms with Crippen molar-refractivity contribution >= 4 is 11.6 Å². The SMILES string of the molecule is CCCC=C(CCl)CC(C)N1CCCCC1. The van der Waals surface area contributed by atoms with E-state index in [0.717, 1.165) is 6.42 Å². The lowest BCUT2D eigenvalue weighted by molar-refractivity contribution is 0.173. The topological polar surface area (TPSA) is 3.24 Å². The summed E-state index contributed by atoms with van der Waals surface area (Å²) in [4.78, 5) is 2.62. The van der Waals surface area contributed by atoms with Crippen LogP contribution in [0.25, 0.3) is 0 Å². The maximum Gasteiger partial charge on any atom is 0.0434 e. The van der Waals surface area contributed by atoms with Crippen molar-refractivity contribution in [3.63, 3.8) is 0 Å². The van der Waals surface area contributed by atoms with Crippen LogP contribution in [-0.4, -0.2) is 29.9 Å². The highest BCUT2D eigenvalue weighted by molar-refractivity contribution is 6.19. The van der Waals surface area contributed by atoms with Crippen LogP contribution in [0.4, 0.5) is 0 Å². The number of hydrogen-bond acceptors (Lipinski definition) is 1. The second-order valence-electron chi connectivity index (χ2n) is 4.93.